The van der Waals surface area contributed by atoms with Crippen LogP contribution in [0.25, 0.3) is 6.08 Å². The molecule has 0 saturated carbocycles. The van der Waals surface area contributed by atoms with Gasteiger partial charge in [-0.2, -0.15) is 0 Å². The monoisotopic (exact) mass is 362 g/mol. The van der Waals surface area contributed by atoms with E-state index in [0.29, 0.717) is 12.0 Å². The Labute approximate surface area is 161 Å². The molecule has 0 radical (unpaired) electrons. The minimum Gasteiger partial charge on any atom is -0.372 e. The number of rotatable bonds is 7. The van der Waals surface area contributed by atoms with Gasteiger partial charge in [-0.1, -0.05) is 18.2 Å². The third kappa shape index (κ3) is 4.45. The van der Waals surface area contributed by atoms with Gasteiger partial charge in [-0.05, 0) is 68.3 Å². The van der Waals surface area contributed by atoms with Crippen LogP contribution in [0.5, 0.6) is 0 Å². The fraction of sp³-hybridized carbons (Fsp3) is 0.304. The van der Waals surface area contributed by atoms with Gasteiger partial charge in [0.2, 0.25) is 5.91 Å². The summed E-state index contributed by atoms with van der Waals surface area (Å²) in [6, 6.07) is 15.5. The number of hydrogen-bond donors (Lipinski definition) is 0. The minimum atomic E-state index is -0.0397. The molecule has 140 valence electrons. The standard InChI is InChI=1S/C23H26N2O2/c1-3-24(4-2)20-12-7-18(8-13-20)9-16-22(26)19-10-14-21(15-11-19)25-17-5-6-23(25)27/h7-16H,3-6,17H2,1-2H3. The van der Waals surface area contributed by atoms with E-state index in [2.05, 4.69) is 30.9 Å². The lowest BCUT2D eigenvalue weighted by Crippen LogP contribution is -2.23. The number of hydrogen-bond acceptors (Lipinski definition) is 3. The van der Waals surface area contributed by atoms with E-state index in [9.17, 15) is 9.59 Å². The summed E-state index contributed by atoms with van der Waals surface area (Å²) in [7, 11) is 0. The highest BCUT2D eigenvalue weighted by Gasteiger charge is 2.21. The molecule has 1 aliphatic rings. The smallest absolute Gasteiger partial charge is 0.227 e. The van der Waals surface area contributed by atoms with Gasteiger partial charge in [-0.25, -0.2) is 0 Å². The first-order valence-corrected chi connectivity index (χ1v) is 9.60. The highest BCUT2D eigenvalue weighted by atomic mass is 16.2. The highest BCUT2D eigenvalue weighted by molar-refractivity contribution is 6.07. The molecule has 1 saturated heterocycles. The van der Waals surface area contributed by atoms with Crippen LogP contribution in [0.1, 0.15) is 42.6 Å². The SMILES string of the molecule is CCN(CC)c1ccc(C=CC(=O)c2ccc(N3CCCC3=O)cc2)cc1. The summed E-state index contributed by atoms with van der Waals surface area (Å²) in [5.74, 6) is 0.115. The zero-order valence-corrected chi connectivity index (χ0v) is 16.0. The maximum atomic E-state index is 12.4. The van der Waals surface area contributed by atoms with Crippen molar-refractivity contribution in [2.24, 2.45) is 0 Å². The fourth-order valence-electron chi connectivity index (χ4n) is 3.38. The average molecular weight is 362 g/mol. The zero-order chi connectivity index (χ0) is 19.2. The Bertz CT molecular complexity index is 818. The van der Waals surface area contributed by atoms with Gasteiger partial charge in [0.05, 0.1) is 0 Å². The molecule has 4 heteroatoms. The van der Waals surface area contributed by atoms with Crippen molar-refractivity contribution < 1.29 is 9.59 Å². The van der Waals surface area contributed by atoms with Gasteiger partial charge in [0, 0.05) is 43.0 Å². The van der Waals surface area contributed by atoms with Crippen LogP contribution in [0, 0.1) is 0 Å². The Hall–Kier alpha value is -2.88. The van der Waals surface area contributed by atoms with Crippen molar-refractivity contribution in [2.45, 2.75) is 26.7 Å². The number of amides is 1. The first kappa shape index (κ1) is 18.9. The second-order valence-electron chi connectivity index (χ2n) is 6.66. The molecule has 0 aromatic heterocycles. The third-order valence-corrected chi connectivity index (χ3v) is 4.99. The van der Waals surface area contributed by atoms with Crippen LogP contribution in [0.4, 0.5) is 11.4 Å². The van der Waals surface area contributed by atoms with Crippen LogP contribution in [0.15, 0.2) is 54.6 Å². The molecule has 2 aromatic rings. The summed E-state index contributed by atoms with van der Waals surface area (Å²) in [4.78, 5) is 28.3. The molecule has 1 aliphatic heterocycles. The van der Waals surface area contributed by atoms with Crippen LogP contribution >= 0.6 is 0 Å². The van der Waals surface area contributed by atoms with Crippen LogP contribution in [0.2, 0.25) is 0 Å². The van der Waals surface area contributed by atoms with E-state index >= 15 is 0 Å². The molecule has 0 unspecified atom stereocenters. The summed E-state index contributed by atoms with van der Waals surface area (Å²) in [5.41, 5.74) is 3.68. The molecule has 1 heterocycles. The number of carbonyl (C=O) groups is 2. The van der Waals surface area contributed by atoms with Crippen molar-refractivity contribution in [3.05, 3.63) is 65.7 Å². The predicted octanol–water partition coefficient (Wildman–Crippen LogP) is 4.56. The zero-order valence-electron chi connectivity index (χ0n) is 16.0. The number of anilines is 2. The summed E-state index contributed by atoms with van der Waals surface area (Å²) < 4.78 is 0. The maximum absolute atomic E-state index is 12.4. The quantitative estimate of drug-likeness (QED) is 0.536. The number of ketones is 1. The number of carbonyl (C=O) groups excluding carboxylic acids is 2. The van der Waals surface area contributed by atoms with E-state index in [1.807, 2.05) is 30.3 Å². The predicted molar refractivity (Wildman–Crippen MR) is 111 cm³/mol. The molecule has 0 N–H and O–H groups in total. The first-order valence-electron chi connectivity index (χ1n) is 9.60. The van der Waals surface area contributed by atoms with E-state index < -0.39 is 0 Å². The number of allylic oxidation sites excluding steroid dienone is 1. The van der Waals surface area contributed by atoms with Gasteiger partial charge in [0.15, 0.2) is 5.78 Å². The van der Waals surface area contributed by atoms with E-state index in [1.54, 1.807) is 23.1 Å². The fourth-order valence-corrected chi connectivity index (χ4v) is 3.38. The van der Waals surface area contributed by atoms with Gasteiger partial charge in [0.1, 0.15) is 0 Å². The summed E-state index contributed by atoms with van der Waals surface area (Å²) in [6.07, 6.45) is 4.94. The van der Waals surface area contributed by atoms with Gasteiger partial charge in [-0.15, -0.1) is 0 Å². The Balaban J connectivity index is 1.65. The molecule has 2 aromatic carbocycles. The first-order chi connectivity index (χ1) is 13.1. The van der Waals surface area contributed by atoms with Gasteiger partial charge < -0.3 is 9.80 Å². The Kier molecular flexibility index (Phi) is 6.07. The molecule has 0 spiro atoms. The van der Waals surface area contributed by atoms with Crippen molar-refractivity contribution in [3.63, 3.8) is 0 Å². The van der Waals surface area contributed by atoms with Crippen LogP contribution in [-0.2, 0) is 4.79 Å². The van der Waals surface area contributed by atoms with Crippen molar-refractivity contribution in [1.29, 1.82) is 0 Å². The van der Waals surface area contributed by atoms with E-state index in [-0.39, 0.29) is 11.7 Å². The molecular weight excluding hydrogens is 336 g/mol. The van der Waals surface area contributed by atoms with E-state index in [1.165, 1.54) is 5.69 Å². The second-order valence-corrected chi connectivity index (χ2v) is 6.66. The Morgan fingerprint density at radius 3 is 2.26 bits per heavy atom. The van der Waals surface area contributed by atoms with Gasteiger partial charge in [-0.3, -0.25) is 9.59 Å². The largest absolute Gasteiger partial charge is 0.372 e. The topological polar surface area (TPSA) is 40.6 Å². The minimum absolute atomic E-state index is 0.0397. The van der Waals surface area contributed by atoms with Crippen molar-refractivity contribution in [1.82, 2.24) is 0 Å². The van der Waals surface area contributed by atoms with Crippen LogP contribution in [0.3, 0.4) is 0 Å². The normalized spacial score (nSPS) is 14.1. The second kappa shape index (κ2) is 8.67. The highest BCUT2D eigenvalue weighted by Crippen LogP contribution is 2.22. The Morgan fingerprint density at radius 1 is 1.04 bits per heavy atom. The summed E-state index contributed by atoms with van der Waals surface area (Å²) in [6.45, 7) is 6.99. The van der Waals surface area contributed by atoms with Crippen molar-refractivity contribution in [2.75, 3.05) is 29.4 Å². The molecule has 1 amide bonds. The lowest BCUT2D eigenvalue weighted by atomic mass is 10.1. The lowest BCUT2D eigenvalue weighted by Gasteiger charge is -2.20. The number of benzene rings is 2. The maximum Gasteiger partial charge on any atom is 0.227 e. The molecule has 0 bridgehead atoms. The van der Waals surface area contributed by atoms with E-state index in [4.69, 9.17) is 0 Å². The number of nitrogens with zero attached hydrogens (tertiary/aromatic N) is 2. The lowest BCUT2D eigenvalue weighted by molar-refractivity contribution is -0.117. The average Bonchev–Trinajstić information content (AvgIpc) is 3.14. The van der Waals surface area contributed by atoms with Crippen LogP contribution in [-0.4, -0.2) is 31.3 Å². The van der Waals surface area contributed by atoms with E-state index in [0.717, 1.165) is 37.3 Å². The molecule has 1 fully saturated rings. The van der Waals surface area contributed by atoms with Gasteiger partial charge in [0.25, 0.3) is 0 Å². The molecule has 27 heavy (non-hydrogen) atoms. The molecule has 3 rings (SSSR count). The summed E-state index contributed by atoms with van der Waals surface area (Å²) >= 11 is 0. The molecular formula is C23H26N2O2. The summed E-state index contributed by atoms with van der Waals surface area (Å²) in [5, 5.41) is 0. The Morgan fingerprint density at radius 2 is 1.70 bits per heavy atom. The molecule has 0 atom stereocenters. The van der Waals surface area contributed by atoms with Crippen LogP contribution < -0.4 is 9.80 Å². The molecule has 4 nitrogen and oxygen atoms in total. The third-order valence-electron chi connectivity index (χ3n) is 4.99. The van der Waals surface area contributed by atoms with Crippen molar-refractivity contribution >= 4 is 29.1 Å². The van der Waals surface area contributed by atoms with Gasteiger partial charge >= 0.3 is 0 Å². The van der Waals surface area contributed by atoms with Crippen molar-refractivity contribution in [3.8, 4) is 0 Å². The molecule has 0 aliphatic carbocycles.